The lowest BCUT2D eigenvalue weighted by atomic mass is 10.2. The average molecular weight is 210 g/mol. The maximum Gasteiger partial charge on any atom is 0.341 e. The molecular formula is C11H14O4. The fourth-order valence-electron chi connectivity index (χ4n) is 1.16. The number of furan rings is 1. The van der Waals surface area contributed by atoms with Crippen LogP contribution in [0.5, 0.6) is 0 Å². The zero-order valence-corrected chi connectivity index (χ0v) is 8.91. The number of carbonyl (C=O) groups is 2. The van der Waals surface area contributed by atoms with Gasteiger partial charge in [-0.3, -0.25) is 0 Å². The molecule has 0 unspecified atom stereocenters. The number of esters is 1. The number of ether oxygens (including phenoxy) is 1. The van der Waals surface area contributed by atoms with Crippen LogP contribution < -0.4 is 0 Å². The van der Waals surface area contributed by atoms with E-state index in [0.717, 1.165) is 0 Å². The molecule has 0 spiro atoms. The SMILES string of the molecule is CC(=O)CCCOC(=O)c1ccoc1C. The smallest absolute Gasteiger partial charge is 0.341 e. The highest BCUT2D eigenvalue weighted by Gasteiger charge is 2.12. The van der Waals surface area contributed by atoms with Crippen LogP contribution in [0.1, 0.15) is 35.9 Å². The minimum atomic E-state index is -0.398. The van der Waals surface area contributed by atoms with Crippen LogP contribution >= 0.6 is 0 Å². The Morgan fingerprint density at radius 3 is 2.73 bits per heavy atom. The third kappa shape index (κ3) is 3.58. The zero-order chi connectivity index (χ0) is 11.3. The Morgan fingerprint density at radius 2 is 2.20 bits per heavy atom. The molecule has 0 bridgehead atoms. The highest BCUT2D eigenvalue weighted by atomic mass is 16.5. The standard InChI is InChI=1S/C11H14O4/c1-8(12)4-3-6-15-11(13)10-5-7-14-9(10)2/h5,7H,3-4,6H2,1-2H3. The first-order chi connectivity index (χ1) is 7.11. The number of Topliss-reactive ketones (excluding diaryl/α,β-unsaturated/α-hetero) is 1. The molecule has 1 aromatic rings. The second kappa shape index (κ2) is 5.34. The summed E-state index contributed by atoms with van der Waals surface area (Å²) in [5.41, 5.74) is 0.442. The molecule has 1 rings (SSSR count). The fraction of sp³-hybridized carbons (Fsp3) is 0.455. The molecule has 0 amide bonds. The van der Waals surface area contributed by atoms with Gasteiger partial charge in [-0.2, -0.15) is 0 Å². The van der Waals surface area contributed by atoms with E-state index in [-0.39, 0.29) is 12.4 Å². The van der Waals surface area contributed by atoms with Crippen LogP contribution in [0.4, 0.5) is 0 Å². The summed E-state index contributed by atoms with van der Waals surface area (Å²) < 4.78 is 9.94. The van der Waals surface area contributed by atoms with Crippen molar-refractivity contribution in [2.24, 2.45) is 0 Å². The van der Waals surface area contributed by atoms with E-state index in [1.165, 1.54) is 13.2 Å². The van der Waals surface area contributed by atoms with Crippen LogP contribution in [-0.2, 0) is 9.53 Å². The van der Waals surface area contributed by atoms with E-state index in [2.05, 4.69) is 0 Å². The van der Waals surface area contributed by atoms with Gasteiger partial charge in [0.1, 0.15) is 17.1 Å². The molecule has 0 atom stereocenters. The summed E-state index contributed by atoms with van der Waals surface area (Å²) in [5.74, 6) is 0.252. The lowest BCUT2D eigenvalue weighted by Gasteiger charge is -2.02. The van der Waals surface area contributed by atoms with Gasteiger partial charge in [-0.1, -0.05) is 0 Å². The average Bonchev–Trinajstić information content (AvgIpc) is 2.58. The van der Waals surface area contributed by atoms with E-state index in [0.29, 0.717) is 24.2 Å². The Hall–Kier alpha value is -1.58. The molecule has 0 aliphatic carbocycles. The predicted octanol–water partition coefficient (Wildman–Crippen LogP) is 2.11. The van der Waals surface area contributed by atoms with Gasteiger partial charge in [-0.05, 0) is 26.3 Å². The van der Waals surface area contributed by atoms with Gasteiger partial charge in [0.15, 0.2) is 0 Å². The van der Waals surface area contributed by atoms with Crippen LogP contribution in [0.3, 0.4) is 0 Å². The molecular weight excluding hydrogens is 196 g/mol. The van der Waals surface area contributed by atoms with Gasteiger partial charge in [0.05, 0.1) is 12.9 Å². The molecule has 0 saturated heterocycles. The van der Waals surface area contributed by atoms with Crippen molar-refractivity contribution in [1.29, 1.82) is 0 Å². The maximum absolute atomic E-state index is 11.4. The molecule has 4 nitrogen and oxygen atoms in total. The Morgan fingerprint density at radius 1 is 1.47 bits per heavy atom. The van der Waals surface area contributed by atoms with Gasteiger partial charge in [0, 0.05) is 6.42 Å². The van der Waals surface area contributed by atoms with Crippen LogP contribution in [0.15, 0.2) is 16.7 Å². The largest absolute Gasteiger partial charge is 0.469 e. The van der Waals surface area contributed by atoms with Crippen molar-refractivity contribution in [2.75, 3.05) is 6.61 Å². The number of aryl methyl sites for hydroxylation is 1. The number of carbonyl (C=O) groups excluding carboxylic acids is 2. The number of rotatable bonds is 5. The lowest BCUT2D eigenvalue weighted by Crippen LogP contribution is -2.07. The molecule has 0 aliphatic rings. The third-order valence-electron chi connectivity index (χ3n) is 1.99. The first kappa shape index (κ1) is 11.5. The van der Waals surface area contributed by atoms with Crippen molar-refractivity contribution in [1.82, 2.24) is 0 Å². The van der Waals surface area contributed by atoms with Gasteiger partial charge in [-0.15, -0.1) is 0 Å². The van der Waals surface area contributed by atoms with Crippen LogP contribution in [0, 0.1) is 6.92 Å². The molecule has 1 heterocycles. The fourth-order valence-corrected chi connectivity index (χ4v) is 1.16. The summed E-state index contributed by atoms with van der Waals surface area (Å²) in [7, 11) is 0. The van der Waals surface area contributed by atoms with Crippen molar-refractivity contribution < 1.29 is 18.7 Å². The van der Waals surface area contributed by atoms with Crippen molar-refractivity contribution in [2.45, 2.75) is 26.7 Å². The minimum Gasteiger partial charge on any atom is -0.469 e. The molecule has 0 aliphatic heterocycles. The molecule has 15 heavy (non-hydrogen) atoms. The number of ketones is 1. The van der Waals surface area contributed by atoms with E-state index >= 15 is 0 Å². The highest BCUT2D eigenvalue weighted by molar-refractivity contribution is 5.90. The molecule has 0 saturated carbocycles. The highest BCUT2D eigenvalue weighted by Crippen LogP contribution is 2.10. The van der Waals surface area contributed by atoms with E-state index in [9.17, 15) is 9.59 Å². The monoisotopic (exact) mass is 210 g/mol. The van der Waals surface area contributed by atoms with Gasteiger partial charge in [-0.25, -0.2) is 4.79 Å². The first-order valence-electron chi connectivity index (χ1n) is 4.82. The van der Waals surface area contributed by atoms with Crippen molar-refractivity contribution in [3.63, 3.8) is 0 Å². The quantitative estimate of drug-likeness (QED) is 0.551. The summed E-state index contributed by atoms with van der Waals surface area (Å²) >= 11 is 0. The van der Waals surface area contributed by atoms with Crippen LogP contribution in [0.25, 0.3) is 0 Å². The van der Waals surface area contributed by atoms with Crippen molar-refractivity contribution in [3.8, 4) is 0 Å². The van der Waals surface area contributed by atoms with Crippen molar-refractivity contribution >= 4 is 11.8 Å². The Balaban J connectivity index is 2.31. The topological polar surface area (TPSA) is 56.5 Å². The summed E-state index contributed by atoms with van der Waals surface area (Å²) in [6, 6.07) is 1.57. The maximum atomic E-state index is 11.4. The van der Waals surface area contributed by atoms with Gasteiger partial charge >= 0.3 is 5.97 Å². The Kier molecular flexibility index (Phi) is 4.09. The number of hydrogen-bond acceptors (Lipinski definition) is 4. The minimum absolute atomic E-state index is 0.102. The Labute approximate surface area is 88.2 Å². The predicted molar refractivity (Wildman–Crippen MR) is 53.6 cm³/mol. The normalized spacial score (nSPS) is 10.0. The molecule has 0 radical (unpaired) electrons. The molecule has 0 aromatic carbocycles. The van der Waals surface area contributed by atoms with Crippen LogP contribution in [0.2, 0.25) is 0 Å². The molecule has 1 aromatic heterocycles. The van der Waals surface area contributed by atoms with Gasteiger partial charge in [0.25, 0.3) is 0 Å². The first-order valence-corrected chi connectivity index (χ1v) is 4.82. The van der Waals surface area contributed by atoms with E-state index in [1.807, 2.05) is 0 Å². The zero-order valence-electron chi connectivity index (χ0n) is 8.91. The summed E-state index contributed by atoms with van der Waals surface area (Å²) in [5, 5.41) is 0. The molecule has 0 fully saturated rings. The molecule has 0 N–H and O–H groups in total. The van der Waals surface area contributed by atoms with Crippen molar-refractivity contribution in [3.05, 3.63) is 23.7 Å². The van der Waals surface area contributed by atoms with E-state index in [1.54, 1.807) is 13.0 Å². The summed E-state index contributed by atoms with van der Waals surface area (Å²) in [6.07, 6.45) is 2.46. The summed E-state index contributed by atoms with van der Waals surface area (Å²) in [6.45, 7) is 3.48. The third-order valence-corrected chi connectivity index (χ3v) is 1.99. The number of hydrogen-bond donors (Lipinski definition) is 0. The molecule has 82 valence electrons. The second-order valence-corrected chi connectivity index (χ2v) is 3.33. The summed E-state index contributed by atoms with van der Waals surface area (Å²) in [4.78, 5) is 22.0. The molecule has 4 heteroatoms. The Bertz CT molecular complexity index is 351. The van der Waals surface area contributed by atoms with E-state index in [4.69, 9.17) is 9.15 Å². The van der Waals surface area contributed by atoms with Gasteiger partial charge in [0.2, 0.25) is 0 Å². The second-order valence-electron chi connectivity index (χ2n) is 3.33. The van der Waals surface area contributed by atoms with E-state index < -0.39 is 5.97 Å². The van der Waals surface area contributed by atoms with Gasteiger partial charge < -0.3 is 13.9 Å². The lowest BCUT2D eigenvalue weighted by molar-refractivity contribution is -0.117. The van der Waals surface area contributed by atoms with Crippen LogP contribution in [-0.4, -0.2) is 18.4 Å².